The Bertz CT molecular complexity index is 31.3. The van der Waals surface area contributed by atoms with Crippen LogP contribution in [0, 0.1) is 0 Å². The maximum absolute atomic E-state index is 8.25. The molecule has 0 aliphatic carbocycles. The first-order valence-corrected chi connectivity index (χ1v) is 0.842. The molecular formula is H8CaFeMnNaO2SbTi. The molecule has 0 saturated carbocycles. The summed E-state index contributed by atoms with van der Waals surface area (Å²) in [5.74, 6) is 0. The predicted octanol–water partition coefficient (Wildman–Crippen LogP) is -5.17. The van der Waals surface area contributed by atoms with Gasteiger partial charge in [0.2, 0.25) is 0 Å². The van der Waals surface area contributed by atoms with Gasteiger partial charge in [0.25, 0.3) is 0 Å². The molecule has 0 unspecified atom stereocenters. The summed E-state index contributed by atoms with van der Waals surface area (Å²) in [7, 11) is 0. The van der Waals surface area contributed by atoms with Crippen molar-refractivity contribution in [3.63, 3.8) is 0 Å². The average molecular weight is 384 g/mol. The maximum atomic E-state index is 8.25. The Hall–Kier alpha value is 4.59. The molecule has 0 spiro atoms. The van der Waals surface area contributed by atoms with Crippen LogP contribution in [-0.4, -0.2) is 67.6 Å². The second kappa shape index (κ2) is 61.7. The molecule has 0 saturated heterocycles. The molecule has 0 aliphatic heterocycles. The Labute approximate surface area is 156 Å². The first-order chi connectivity index (χ1) is 1.00. The van der Waals surface area contributed by atoms with Gasteiger partial charge in [-0.05, 0) is 0 Å². The summed E-state index contributed by atoms with van der Waals surface area (Å²) in [5, 5.41) is 0. The Morgan fingerprint density at radius 2 is 1.25 bits per heavy atom. The number of hydrogen-bond acceptors (Lipinski definition) is 1. The van der Waals surface area contributed by atoms with Gasteiger partial charge in [-0.25, -0.2) is 0 Å². The van der Waals surface area contributed by atoms with Crippen molar-refractivity contribution in [1.29, 1.82) is 0 Å². The molecule has 0 fully saturated rings. The summed E-state index contributed by atoms with van der Waals surface area (Å²) in [4.78, 5) is 0. The van der Waals surface area contributed by atoms with Gasteiger partial charge < -0.3 is 9.76 Å². The minimum absolute atomic E-state index is 0. The van der Waals surface area contributed by atoms with Crippen molar-refractivity contribution in [2.45, 2.75) is 0 Å². The third kappa shape index (κ3) is 46.2. The van der Waals surface area contributed by atoms with Crippen LogP contribution in [0.25, 0.3) is 0 Å². The van der Waals surface area contributed by atoms with E-state index in [1.807, 2.05) is 0 Å². The van der Waals surface area contributed by atoms with Crippen molar-refractivity contribution in [1.82, 2.24) is 0 Å². The van der Waals surface area contributed by atoms with Crippen LogP contribution in [0.2, 0.25) is 0 Å². The van der Waals surface area contributed by atoms with E-state index in [0.717, 1.165) is 20.4 Å². The Morgan fingerprint density at radius 3 is 1.25 bits per heavy atom. The van der Waals surface area contributed by atoms with Crippen molar-refractivity contribution in [3.8, 4) is 0 Å². The van der Waals surface area contributed by atoms with Crippen LogP contribution in [0.4, 0.5) is 0 Å². The van der Waals surface area contributed by atoms with E-state index < -0.39 is 0 Å². The first kappa shape index (κ1) is 54.1. The minimum atomic E-state index is 0. The normalized spacial score (nSPS) is 0.375. The molecule has 2 nitrogen and oxygen atoms in total. The van der Waals surface area contributed by atoms with E-state index in [1.165, 1.54) is 0 Å². The predicted molar refractivity (Wildman–Crippen MR) is 23.3 cm³/mol. The van der Waals surface area contributed by atoms with Crippen LogP contribution in [0.3, 0.4) is 0 Å². The molecule has 0 aromatic carbocycles. The zero-order chi connectivity index (χ0) is 2.00. The summed E-state index contributed by atoms with van der Waals surface area (Å²) in [6.07, 6.45) is 0. The standard InChI is InChI=1S/Ca.Fe.Mn.Na.H2O.O.Sb.Ti.6H/h;;;;1H2;;;;;;;;;/q+2;;;+1;;;;;;;;3*-1. The van der Waals surface area contributed by atoms with Gasteiger partial charge in [0.1, 0.15) is 0 Å². The van der Waals surface area contributed by atoms with Crippen molar-refractivity contribution in [2.24, 2.45) is 0 Å². The summed E-state index contributed by atoms with van der Waals surface area (Å²) in [5.41, 5.74) is 0. The van der Waals surface area contributed by atoms with Gasteiger partial charge in [-0.15, -0.1) is 0 Å². The fourth-order valence-electron chi connectivity index (χ4n) is 0. The molecule has 0 aliphatic rings. The zero-order valence-corrected chi connectivity index (χ0v) is 16.6. The zero-order valence-electron chi connectivity index (χ0n) is 7.55. The quantitative estimate of drug-likeness (QED) is 0.386. The van der Waals surface area contributed by atoms with Crippen molar-refractivity contribution >= 4 is 62.2 Å². The van der Waals surface area contributed by atoms with E-state index in [9.17, 15) is 0 Å². The van der Waals surface area contributed by atoms with E-state index >= 15 is 0 Å². The molecule has 0 aromatic heterocycles. The molecule has 1 radical (unpaired) electrons. The van der Waals surface area contributed by atoms with Crippen LogP contribution in [-0.2, 0) is 57.9 Å². The molecule has 0 rings (SSSR count). The van der Waals surface area contributed by atoms with Gasteiger partial charge in [0, 0.05) is 34.1 Å². The van der Waals surface area contributed by atoms with Gasteiger partial charge in [-0.3, -0.25) is 0 Å². The van der Waals surface area contributed by atoms with Crippen LogP contribution < -0.4 is 29.6 Å². The average Bonchev–Trinajstić information content (AvgIpc) is 1.00. The molecule has 0 aromatic rings. The molecule has 0 amide bonds. The fraction of sp³-hybridized carbons (Fsp3) is 0. The molecule has 0 atom stereocenters. The van der Waals surface area contributed by atoms with Gasteiger partial charge in [0.15, 0.2) is 0 Å². The van der Waals surface area contributed by atoms with Gasteiger partial charge >= 0.3 is 115 Å². The topological polar surface area (TPSA) is 48.6 Å². The molecular weight excluding hydrogens is 375 g/mol. The molecule has 0 heterocycles. The fourth-order valence-corrected chi connectivity index (χ4v) is 0. The van der Waals surface area contributed by atoms with Crippen LogP contribution in [0.5, 0.6) is 0 Å². The molecule has 8 heavy (non-hydrogen) atoms. The molecule has 47 valence electrons. The summed E-state index contributed by atoms with van der Waals surface area (Å²) in [6.45, 7) is 0. The number of rotatable bonds is 0. The van der Waals surface area contributed by atoms with Gasteiger partial charge in [0.05, 0.1) is 0 Å². The van der Waals surface area contributed by atoms with E-state index in [0.29, 0.717) is 0 Å². The molecule has 0 bridgehead atoms. The Morgan fingerprint density at radius 1 is 1.25 bits per heavy atom. The van der Waals surface area contributed by atoms with Crippen LogP contribution >= 0.6 is 0 Å². The molecule has 2 N–H and O–H groups in total. The molecule has 8 heteroatoms. The Balaban J connectivity index is -0.000000000139. The Kier molecular flexibility index (Phi) is 417. The third-order valence-corrected chi connectivity index (χ3v) is 0. The van der Waals surface area contributed by atoms with Crippen LogP contribution in [0.1, 0.15) is 4.28 Å². The van der Waals surface area contributed by atoms with E-state index in [4.69, 9.17) is 3.32 Å². The van der Waals surface area contributed by atoms with Crippen molar-refractivity contribution in [3.05, 3.63) is 0 Å². The first-order valence-electron chi connectivity index (χ1n) is 0.204. The van der Waals surface area contributed by atoms with Crippen molar-refractivity contribution < 1.29 is 97.2 Å². The van der Waals surface area contributed by atoms with Gasteiger partial charge in [-0.2, -0.15) is 0 Å². The summed E-state index contributed by atoms with van der Waals surface area (Å²) >= 11 is 0.750. The third-order valence-electron chi connectivity index (χ3n) is 0. The summed E-state index contributed by atoms with van der Waals surface area (Å²) in [6, 6.07) is 0. The SMILES string of the molecule is O.[Ca+2].[Fe].[H-].[H-].[H-].[Mn].[Na+].[O]=[Ti].[SbH3]. The van der Waals surface area contributed by atoms with Crippen molar-refractivity contribution in [2.75, 3.05) is 0 Å². The second-order valence-electron chi connectivity index (χ2n) is 0. The second-order valence-corrected chi connectivity index (χ2v) is 0. The van der Waals surface area contributed by atoms with E-state index in [1.54, 1.807) is 0 Å². The van der Waals surface area contributed by atoms with Gasteiger partial charge in [-0.1, -0.05) is 0 Å². The number of hydrogen-bond donors (Lipinski definition) is 0. The summed E-state index contributed by atoms with van der Waals surface area (Å²) < 4.78 is 8.25. The van der Waals surface area contributed by atoms with Crippen LogP contribution in [0.15, 0.2) is 0 Å². The van der Waals surface area contributed by atoms with E-state index in [-0.39, 0.29) is 136 Å². The monoisotopic (exact) mass is 383 g/mol. The van der Waals surface area contributed by atoms with E-state index in [2.05, 4.69) is 0 Å².